The lowest BCUT2D eigenvalue weighted by Crippen LogP contribution is -2.38. The Balaban J connectivity index is 1.58. The first kappa shape index (κ1) is 20.0. The summed E-state index contributed by atoms with van der Waals surface area (Å²) in [5.41, 5.74) is 2.53. The molecule has 0 radical (unpaired) electrons. The van der Waals surface area contributed by atoms with Crippen LogP contribution in [0, 0.1) is 16.6 Å². The van der Waals surface area contributed by atoms with E-state index in [4.69, 9.17) is 0 Å². The predicted molar refractivity (Wildman–Crippen MR) is 120 cm³/mol. The van der Waals surface area contributed by atoms with Gasteiger partial charge in [-0.25, -0.2) is 9.07 Å². The quantitative estimate of drug-likeness (QED) is 0.547. The molecule has 1 saturated heterocycles. The zero-order valence-electron chi connectivity index (χ0n) is 18.3. The summed E-state index contributed by atoms with van der Waals surface area (Å²) < 4.78 is 16.2. The Hall–Kier alpha value is -2.95. The third-order valence-electron chi connectivity index (χ3n) is 6.75. The SMILES string of the molecule is CC1(C)CC2CC(C)(CN2C(=O)c2cc(-c3ccccc3F)nn2-c2ccccc2)C1. The molecule has 1 amide bonds. The summed E-state index contributed by atoms with van der Waals surface area (Å²) >= 11 is 0. The van der Waals surface area contributed by atoms with Crippen LogP contribution in [-0.2, 0) is 0 Å². The van der Waals surface area contributed by atoms with Crippen molar-refractivity contribution in [3.8, 4) is 16.9 Å². The zero-order valence-corrected chi connectivity index (χ0v) is 18.3. The number of amides is 1. The molecule has 31 heavy (non-hydrogen) atoms. The van der Waals surface area contributed by atoms with Gasteiger partial charge in [0.05, 0.1) is 11.4 Å². The number of likely N-dealkylation sites (tertiary alicyclic amines) is 1. The second kappa shape index (κ2) is 7.04. The Bertz CT molecular complexity index is 1140. The number of carbonyl (C=O) groups excluding carboxylic acids is 1. The van der Waals surface area contributed by atoms with Crippen LogP contribution in [0.3, 0.4) is 0 Å². The van der Waals surface area contributed by atoms with E-state index in [1.807, 2.05) is 35.2 Å². The van der Waals surface area contributed by atoms with Gasteiger partial charge in [-0.05, 0) is 60.4 Å². The molecule has 2 heterocycles. The van der Waals surface area contributed by atoms with Gasteiger partial charge in [0.25, 0.3) is 5.91 Å². The highest BCUT2D eigenvalue weighted by Gasteiger charge is 2.51. The van der Waals surface area contributed by atoms with E-state index in [0.717, 1.165) is 31.5 Å². The number of para-hydroxylation sites is 1. The Kier molecular flexibility index (Phi) is 4.54. The summed E-state index contributed by atoms with van der Waals surface area (Å²) in [5, 5.41) is 4.66. The van der Waals surface area contributed by atoms with Crippen LogP contribution in [0.5, 0.6) is 0 Å². The molecule has 5 rings (SSSR count). The summed E-state index contributed by atoms with van der Waals surface area (Å²) in [6.07, 6.45) is 3.18. The minimum absolute atomic E-state index is 0.0228. The van der Waals surface area contributed by atoms with Crippen LogP contribution in [0.15, 0.2) is 60.7 Å². The molecule has 0 N–H and O–H groups in total. The average molecular weight is 418 g/mol. The van der Waals surface area contributed by atoms with E-state index < -0.39 is 0 Å². The third kappa shape index (κ3) is 3.56. The standard InChI is InChI=1S/C26H28FN3O/c1-25(2)14-19-15-26(3,16-25)17-29(19)24(31)23-13-22(20-11-7-8-12-21(20)27)28-30(23)18-9-5-4-6-10-18/h4-13,19H,14-17H2,1-3H3. The average Bonchev–Trinajstić information content (AvgIpc) is 3.26. The van der Waals surface area contributed by atoms with E-state index in [-0.39, 0.29) is 28.6 Å². The lowest BCUT2D eigenvalue weighted by molar-refractivity contribution is 0.0699. The fourth-order valence-electron chi connectivity index (χ4n) is 5.94. The highest BCUT2D eigenvalue weighted by Crippen LogP contribution is 2.52. The van der Waals surface area contributed by atoms with Gasteiger partial charge in [-0.2, -0.15) is 5.10 Å². The van der Waals surface area contributed by atoms with Crippen molar-refractivity contribution >= 4 is 5.91 Å². The predicted octanol–water partition coefficient (Wildman–Crippen LogP) is 5.72. The van der Waals surface area contributed by atoms with Crippen molar-refractivity contribution in [3.63, 3.8) is 0 Å². The topological polar surface area (TPSA) is 38.1 Å². The summed E-state index contributed by atoms with van der Waals surface area (Å²) in [7, 11) is 0. The molecule has 0 spiro atoms. The fraction of sp³-hybridized carbons (Fsp3) is 0.385. The number of aromatic nitrogens is 2. The maximum atomic E-state index is 14.5. The van der Waals surface area contributed by atoms with Crippen molar-refractivity contribution in [1.82, 2.24) is 14.7 Å². The van der Waals surface area contributed by atoms with Gasteiger partial charge < -0.3 is 4.90 Å². The zero-order chi connectivity index (χ0) is 21.8. The third-order valence-corrected chi connectivity index (χ3v) is 6.75. The van der Waals surface area contributed by atoms with Crippen LogP contribution in [0.2, 0.25) is 0 Å². The largest absolute Gasteiger partial charge is 0.334 e. The van der Waals surface area contributed by atoms with E-state index in [1.54, 1.807) is 28.9 Å². The van der Waals surface area contributed by atoms with Gasteiger partial charge in [0, 0.05) is 18.2 Å². The molecule has 2 atom stereocenters. The van der Waals surface area contributed by atoms with E-state index in [0.29, 0.717) is 17.0 Å². The van der Waals surface area contributed by atoms with Crippen LogP contribution in [0.25, 0.3) is 16.9 Å². The second-order valence-electron chi connectivity index (χ2n) is 10.3. The smallest absolute Gasteiger partial charge is 0.272 e. The van der Waals surface area contributed by atoms with Crippen molar-refractivity contribution in [3.05, 3.63) is 72.2 Å². The molecule has 1 aromatic heterocycles. The lowest BCUT2D eigenvalue weighted by Gasteiger charge is -2.39. The number of fused-ring (bicyclic) bond motifs is 2. The van der Waals surface area contributed by atoms with Gasteiger partial charge in [-0.1, -0.05) is 51.1 Å². The van der Waals surface area contributed by atoms with Crippen molar-refractivity contribution in [2.24, 2.45) is 10.8 Å². The van der Waals surface area contributed by atoms with E-state index in [2.05, 4.69) is 25.9 Å². The summed E-state index contributed by atoms with van der Waals surface area (Å²) in [6.45, 7) is 7.66. The molecule has 2 unspecified atom stereocenters. The molecule has 2 aromatic carbocycles. The van der Waals surface area contributed by atoms with E-state index in [1.165, 1.54) is 6.07 Å². The van der Waals surface area contributed by atoms with Crippen molar-refractivity contribution in [2.75, 3.05) is 6.54 Å². The Morgan fingerprint density at radius 1 is 1.03 bits per heavy atom. The highest BCUT2D eigenvalue weighted by molar-refractivity contribution is 5.95. The van der Waals surface area contributed by atoms with Crippen LogP contribution in [-0.4, -0.2) is 33.2 Å². The molecular weight excluding hydrogens is 389 g/mol. The number of benzene rings is 2. The number of carbonyl (C=O) groups is 1. The molecule has 2 fully saturated rings. The maximum Gasteiger partial charge on any atom is 0.272 e. The normalized spacial score (nSPS) is 24.4. The molecular formula is C26H28FN3O. The molecule has 3 aromatic rings. The maximum absolute atomic E-state index is 14.5. The number of halogens is 1. The van der Waals surface area contributed by atoms with Gasteiger partial charge in [0.1, 0.15) is 11.5 Å². The minimum atomic E-state index is -0.342. The minimum Gasteiger partial charge on any atom is -0.334 e. The van der Waals surface area contributed by atoms with Gasteiger partial charge in [-0.3, -0.25) is 4.79 Å². The molecule has 4 nitrogen and oxygen atoms in total. The van der Waals surface area contributed by atoms with Crippen molar-refractivity contribution < 1.29 is 9.18 Å². The summed E-state index contributed by atoms with van der Waals surface area (Å²) in [5.74, 6) is -0.365. The van der Waals surface area contributed by atoms with Gasteiger partial charge in [0.2, 0.25) is 0 Å². The van der Waals surface area contributed by atoms with Crippen LogP contribution < -0.4 is 0 Å². The molecule has 1 aliphatic carbocycles. The molecule has 2 aliphatic rings. The van der Waals surface area contributed by atoms with Crippen LogP contribution in [0.1, 0.15) is 50.5 Å². The number of nitrogens with zero attached hydrogens (tertiary/aromatic N) is 3. The van der Waals surface area contributed by atoms with E-state index in [9.17, 15) is 9.18 Å². The molecule has 5 heteroatoms. The monoisotopic (exact) mass is 417 g/mol. The van der Waals surface area contributed by atoms with Crippen LogP contribution in [0.4, 0.5) is 4.39 Å². The molecule has 2 bridgehead atoms. The van der Waals surface area contributed by atoms with Gasteiger partial charge >= 0.3 is 0 Å². The lowest BCUT2D eigenvalue weighted by atomic mass is 9.65. The number of hydrogen-bond donors (Lipinski definition) is 0. The van der Waals surface area contributed by atoms with Crippen molar-refractivity contribution in [2.45, 2.75) is 46.1 Å². The van der Waals surface area contributed by atoms with Crippen LogP contribution >= 0.6 is 0 Å². The first-order chi connectivity index (χ1) is 14.7. The highest BCUT2D eigenvalue weighted by atomic mass is 19.1. The van der Waals surface area contributed by atoms with Gasteiger partial charge in [0.15, 0.2) is 0 Å². The molecule has 1 saturated carbocycles. The Morgan fingerprint density at radius 3 is 2.48 bits per heavy atom. The van der Waals surface area contributed by atoms with E-state index >= 15 is 0 Å². The Morgan fingerprint density at radius 2 is 1.74 bits per heavy atom. The number of hydrogen-bond acceptors (Lipinski definition) is 2. The Labute approximate surface area is 182 Å². The first-order valence-corrected chi connectivity index (χ1v) is 11.0. The fourth-order valence-corrected chi connectivity index (χ4v) is 5.94. The van der Waals surface area contributed by atoms with Crippen molar-refractivity contribution in [1.29, 1.82) is 0 Å². The first-order valence-electron chi connectivity index (χ1n) is 11.0. The second-order valence-corrected chi connectivity index (χ2v) is 10.3. The van der Waals surface area contributed by atoms with Gasteiger partial charge in [-0.15, -0.1) is 0 Å². The number of rotatable bonds is 3. The summed E-state index contributed by atoms with van der Waals surface area (Å²) in [4.78, 5) is 15.9. The summed E-state index contributed by atoms with van der Waals surface area (Å²) in [6, 6.07) is 18.1. The molecule has 160 valence electrons. The molecule has 1 aliphatic heterocycles.